The van der Waals surface area contributed by atoms with Crippen molar-refractivity contribution in [3.8, 4) is 0 Å². The summed E-state index contributed by atoms with van der Waals surface area (Å²) in [4.78, 5) is 30.0. The van der Waals surface area contributed by atoms with Crippen LogP contribution in [-0.4, -0.2) is 79.7 Å². The lowest BCUT2D eigenvalue weighted by Gasteiger charge is -2.34. The molecule has 0 bridgehead atoms. The van der Waals surface area contributed by atoms with Crippen LogP contribution in [0.15, 0.2) is 4.99 Å². The molecule has 0 saturated carbocycles. The van der Waals surface area contributed by atoms with Gasteiger partial charge in [0, 0.05) is 32.9 Å². The smallest absolute Gasteiger partial charge is 0.408 e. The summed E-state index contributed by atoms with van der Waals surface area (Å²) >= 11 is 1.73. The number of halogens is 1. The molecule has 10 heteroatoms. The molecule has 0 saturated heterocycles. The number of amides is 2. The number of rotatable bonds is 10. The molecule has 0 radical (unpaired) electrons. The van der Waals surface area contributed by atoms with E-state index in [9.17, 15) is 9.59 Å². The van der Waals surface area contributed by atoms with E-state index < -0.39 is 17.2 Å². The molecule has 0 spiro atoms. The van der Waals surface area contributed by atoms with Crippen LogP contribution in [0.2, 0.25) is 0 Å². The summed E-state index contributed by atoms with van der Waals surface area (Å²) in [7, 11) is 3.41. The number of nitrogens with one attached hydrogen (secondary N) is 3. The molecule has 0 fully saturated rings. The van der Waals surface area contributed by atoms with E-state index >= 15 is 0 Å². The van der Waals surface area contributed by atoms with Crippen molar-refractivity contribution in [2.75, 3.05) is 45.7 Å². The average molecular weight is 546 g/mol. The first-order valence-electron chi connectivity index (χ1n) is 9.71. The molecule has 0 aromatic heterocycles. The number of ether oxygens (including phenoxy) is 1. The molecule has 0 aliphatic rings. The van der Waals surface area contributed by atoms with Gasteiger partial charge in [0.15, 0.2) is 5.96 Å². The molecule has 0 unspecified atom stereocenters. The largest absolute Gasteiger partial charge is 0.444 e. The minimum absolute atomic E-state index is 0. The van der Waals surface area contributed by atoms with E-state index in [1.165, 1.54) is 4.90 Å². The fourth-order valence-corrected chi connectivity index (χ4v) is 2.53. The Hall–Kier alpha value is -0.910. The highest BCUT2D eigenvalue weighted by Crippen LogP contribution is 2.16. The van der Waals surface area contributed by atoms with Crippen molar-refractivity contribution < 1.29 is 14.3 Å². The van der Waals surface area contributed by atoms with E-state index in [0.29, 0.717) is 12.5 Å². The third kappa shape index (κ3) is 13.8. The number of aliphatic imine (C=N–C) groups is 1. The number of alkyl carbamates (subject to hydrolysis) is 1. The van der Waals surface area contributed by atoms with Gasteiger partial charge in [-0.25, -0.2) is 9.79 Å². The van der Waals surface area contributed by atoms with Gasteiger partial charge >= 0.3 is 6.09 Å². The second-order valence-electron chi connectivity index (χ2n) is 7.84. The van der Waals surface area contributed by atoms with Gasteiger partial charge in [-0.1, -0.05) is 13.8 Å². The molecule has 0 aromatic rings. The number of carbonyl (C=O) groups is 2. The zero-order chi connectivity index (χ0) is 21.8. The predicted molar refractivity (Wildman–Crippen MR) is 133 cm³/mol. The van der Waals surface area contributed by atoms with Crippen LogP contribution in [0, 0.1) is 0 Å². The summed E-state index contributed by atoms with van der Waals surface area (Å²) in [5.74, 6) is 1.40. The highest BCUT2D eigenvalue weighted by molar-refractivity contribution is 14.0. The fraction of sp³-hybridized carbons (Fsp3) is 0.842. The lowest BCUT2D eigenvalue weighted by molar-refractivity contribution is -0.127. The number of guanidine groups is 1. The van der Waals surface area contributed by atoms with Crippen molar-refractivity contribution in [3.05, 3.63) is 0 Å². The molecule has 0 atom stereocenters. The summed E-state index contributed by atoms with van der Waals surface area (Å²) < 4.78 is 5.41. The lowest BCUT2D eigenvalue weighted by atomic mass is 9.93. The Bertz CT molecular complexity index is 520. The number of hydrogen-bond acceptors (Lipinski definition) is 5. The molecule has 0 heterocycles. The standard InChI is InChI=1S/C19H39N5O3S.HI/c1-9-19(10-2,23-17(26)27-18(3,4)5)14-22-16(20-11-12-28-8)21-13-15(25)24(6)7;/h9-14H2,1-8H3,(H,23,26)(H2,20,21,22);1H. The van der Waals surface area contributed by atoms with Crippen LogP contribution in [0.5, 0.6) is 0 Å². The van der Waals surface area contributed by atoms with Gasteiger partial charge in [-0.15, -0.1) is 24.0 Å². The molecule has 0 aromatic carbocycles. The van der Waals surface area contributed by atoms with E-state index in [2.05, 4.69) is 20.9 Å². The monoisotopic (exact) mass is 545 g/mol. The SMILES string of the molecule is CCC(CC)(CNC(=NCC(=O)N(C)C)NCCSC)NC(=O)OC(C)(C)C.I. The van der Waals surface area contributed by atoms with Gasteiger partial charge in [-0.2, -0.15) is 11.8 Å². The van der Waals surface area contributed by atoms with Crippen LogP contribution in [0.3, 0.4) is 0 Å². The summed E-state index contributed by atoms with van der Waals surface area (Å²) in [6.45, 7) is 10.8. The fourth-order valence-electron chi connectivity index (χ4n) is 2.23. The molecule has 8 nitrogen and oxygen atoms in total. The minimum Gasteiger partial charge on any atom is -0.444 e. The number of thioether (sulfide) groups is 1. The highest BCUT2D eigenvalue weighted by Gasteiger charge is 2.30. The Morgan fingerprint density at radius 2 is 1.69 bits per heavy atom. The van der Waals surface area contributed by atoms with Crippen LogP contribution in [0.1, 0.15) is 47.5 Å². The zero-order valence-electron chi connectivity index (χ0n) is 19.2. The first kappa shape index (κ1) is 30.3. The minimum atomic E-state index is -0.552. The van der Waals surface area contributed by atoms with Crippen molar-refractivity contribution in [2.24, 2.45) is 4.99 Å². The third-order valence-corrected chi connectivity index (χ3v) is 4.80. The van der Waals surface area contributed by atoms with E-state index in [1.807, 2.05) is 40.9 Å². The number of hydrogen-bond donors (Lipinski definition) is 3. The first-order chi connectivity index (χ1) is 13.0. The van der Waals surface area contributed by atoms with E-state index in [0.717, 1.165) is 25.1 Å². The molecular formula is C19H40IN5O3S. The lowest BCUT2D eigenvalue weighted by Crippen LogP contribution is -2.57. The molecule has 0 aliphatic heterocycles. The summed E-state index contributed by atoms with van der Waals surface area (Å²) in [5, 5.41) is 9.51. The van der Waals surface area contributed by atoms with Crippen molar-refractivity contribution >= 4 is 53.7 Å². The topological polar surface area (TPSA) is 95.1 Å². The summed E-state index contributed by atoms with van der Waals surface area (Å²) in [6.07, 6.45) is 3.05. The van der Waals surface area contributed by atoms with Gasteiger partial charge in [0.25, 0.3) is 0 Å². The van der Waals surface area contributed by atoms with E-state index in [4.69, 9.17) is 4.74 Å². The quantitative estimate of drug-likeness (QED) is 0.169. The summed E-state index contributed by atoms with van der Waals surface area (Å²) in [5.41, 5.74) is -1.03. The van der Waals surface area contributed by atoms with Crippen molar-refractivity contribution in [3.63, 3.8) is 0 Å². The van der Waals surface area contributed by atoms with E-state index in [-0.39, 0.29) is 36.4 Å². The second kappa shape index (κ2) is 15.0. The van der Waals surface area contributed by atoms with Crippen molar-refractivity contribution in [1.82, 2.24) is 20.9 Å². The highest BCUT2D eigenvalue weighted by atomic mass is 127. The first-order valence-corrected chi connectivity index (χ1v) is 11.1. The molecule has 0 aliphatic carbocycles. The van der Waals surface area contributed by atoms with Gasteiger partial charge in [0.1, 0.15) is 12.1 Å². The molecule has 0 rings (SSSR count). The predicted octanol–water partition coefficient (Wildman–Crippen LogP) is 2.67. The maximum atomic E-state index is 12.3. The van der Waals surface area contributed by atoms with Gasteiger partial charge < -0.3 is 25.6 Å². The third-order valence-electron chi connectivity index (χ3n) is 4.18. The van der Waals surface area contributed by atoms with Crippen LogP contribution in [0.4, 0.5) is 4.79 Å². The van der Waals surface area contributed by atoms with E-state index in [1.54, 1.807) is 25.9 Å². The van der Waals surface area contributed by atoms with Crippen LogP contribution < -0.4 is 16.0 Å². The molecule has 2 amide bonds. The maximum absolute atomic E-state index is 12.3. The van der Waals surface area contributed by atoms with Crippen molar-refractivity contribution in [2.45, 2.75) is 58.6 Å². The maximum Gasteiger partial charge on any atom is 0.408 e. The van der Waals surface area contributed by atoms with Crippen LogP contribution >= 0.6 is 35.7 Å². The normalized spacial score (nSPS) is 11.9. The number of likely N-dealkylation sites (N-methyl/N-ethyl adjacent to an activating group) is 1. The summed E-state index contributed by atoms with van der Waals surface area (Å²) in [6, 6.07) is 0. The number of nitrogens with zero attached hydrogens (tertiary/aromatic N) is 2. The van der Waals surface area contributed by atoms with Gasteiger partial charge in [0.2, 0.25) is 5.91 Å². The Kier molecular flexibility index (Phi) is 15.6. The van der Waals surface area contributed by atoms with Crippen LogP contribution in [-0.2, 0) is 9.53 Å². The Balaban J connectivity index is 0. The van der Waals surface area contributed by atoms with Crippen LogP contribution in [0.25, 0.3) is 0 Å². The number of carbonyl (C=O) groups excluding carboxylic acids is 2. The van der Waals surface area contributed by atoms with Gasteiger partial charge in [-0.05, 0) is 39.9 Å². The zero-order valence-corrected chi connectivity index (χ0v) is 22.3. The Labute approximate surface area is 197 Å². The Morgan fingerprint density at radius 1 is 1.10 bits per heavy atom. The Morgan fingerprint density at radius 3 is 2.14 bits per heavy atom. The molecule has 172 valence electrons. The van der Waals surface area contributed by atoms with Crippen molar-refractivity contribution in [1.29, 1.82) is 0 Å². The average Bonchev–Trinajstić information content (AvgIpc) is 2.60. The second-order valence-corrected chi connectivity index (χ2v) is 8.83. The molecule has 29 heavy (non-hydrogen) atoms. The molecular weight excluding hydrogens is 505 g/mol. The molecule has 3 N–H and O–H groups in total. The van der Waals surface area contributed by atoms with Gasteiger partial charge in [-0.3, -0.25) is 4.79 Å². The van der Waals surface area contributed by atoms with Gasteiger partial charge in [0.05, 0.1) is 5.54 Å².